The van der Waals surface area contributed by atoms with E-state index >= 15 is 0 Å². The fourth-order valence-electron chi connectivity index (χ4n) is 4.72. The summed E-state index contributed by atoms with van der Waals surface area (Å²) in [5.74, 6) is 0.169. The van der Waals surface area contributed by atoms with Crippen LogP contribution in [0.5, 0.6) is 0 Å². The van der Waals surface area contributed by atoms with Crippen molar-refractivity contribution in [1.82, 2.24) is 5.32 Å². The standard InChI is InChI=1S/C27H30ClNO3S2/c1-6-32-26(31)23-15(2)29-20-12-27(4,5)13-21(30)24(20)25(23)22-11-17(16(3)34-22)14-33-19-9-7-18(28)8-10-19/h7-11,25,29H,6,12-14H2,1-5H3/t25-/m1/s1. The Hall–Kier alpha value is -2.02. The molecule has 0 bridgehead atoms. The van der Waals surface area contributed by atoms with Crippen LogP contribution < -0.4 is 5.32 Å². The molecule has 0 fully saturated rings. The molecule has 2 heterocycles. The number of dihydropyridines is 1. The van der Waals surface area contributed by atoms with Gasteiger partial charge in [-0.15, -0.1) is 23.1 Å². The molecule has 2 aliphatic rings. The average Bonchev–Trinajstić information content (AvgIpc) is 3.11. The van der Waals surface area contributed by atoms with E-state index in [9.17, 15) is 9.59 Å². The Morgan fingerprint density at radius 1 is 1.24 bits per heavy atom. The van der Waals surface area contributed by atoms with Crippen LogP contribution in [0.15, 0.2) is 57.8 Å². The maximum absolute atomic E-state index is 13.4. The van der Waals surface area contributed by atoms with Crippen LogP contribution in [0.1, 0.15) is 61.8 Å². The summed E-state index contributed by atoms with van der Waals surface area (Å²) in [4.78, 5) is 29.8. The molecule has 0 unspecified atom stereocenters. The second kappa shape index (κ2) is 9.92. The van der Waals surface area contributed by atoms with E-state index < -0.39 is 5.92 Å². The highest BCUT2D eigenvalue weighted by molar-refractivity contribution is 7.98. The molecule has 2 aromatic rings. The highest BCUT2D eigenvalue weighted by atomic mass is 35.5. The number of esters is 1. The van der Waals surface area contributed by atoms with Gasteiger partial charge in [0.15, 0.2) is 5.78 Å². The molecule has 0 saturated carbocycles. The molecule has 1 N–H and O–H groups in total. The lowest BCUT2D eigenvalue weighted by atomic mass is 9.70. The number of nitrogens with one attached hydrogen (secondary N) is 1. The number of ether oxygens (including phenoxy) is 1. The summed E-state index contributed by atoms with van der Waals surface area (Å²) in [7, 11) is 0. The molecular weight excluding hydrogens is 486 g/mol. The molecule has 34 heavy (non-hydrogen) atoms. The Bertz CT molecular complexity index is 1190. The number of rotatable bonds is 6. The van der Waals surface area contributed by atoms with Gasteiger partial charge in [0.05, 0.1) is 18.1 Å². The topological polar surface area (TPSA) is 55.4 Å². The van der Waals surface area contributed by atoms with Crippen molar-refractivity contribution in [2.24, 2.45) is 5.41 Å². The third kappa shape index (κ3) is 5.14. The summed E-state index contributed by atoms with van der Waals surface area (Å²) in [5.41, 5.74) is 4.10. The van der Waals surface area contributed by atoms with Crippen LogP contribution in [0.3, 0.4) is 0 Å². The second-order valence-corrected chi connectivity index (χ2v) is 12.4. The molecule has 1 aliphatic heterocycles. The van der Waals surface area contributed by atoms with Crippen LogP contribution in [0.4, 0.5) is 0 Å². The van der Waals surface area contributed by atoms with Gasteiger partial charge in [-0.1, -0.05) is 25.4 Å². The Labute approximate surface area is 214 Å². The minimum absolute atomic E-state index is 0.110. The Balaban J connectivity index is 1.72. The summed E-state index contributed by atoms with van der Waals surface area (Å²) in [6, 6.07) is 10.0. The Morgan fingerprint density at radius 3 is 2.62 bits per heavy atom. The zero-order valence-corrected chi connectivity index (χ0v) is 22.6. The molecule has 1 aliphatic carbocycles. The first-order chi connectivity index (χ1) is 16.1. The van der Waals surface area contributed by atoms with Crippen LogP contribution >= 0.6 is 34.7 Å². The predicted octanol–water partition coefficient (Wildman–Crippen LogP) is 7.17. The highest BCUT2D eigenvalue weighted by Crippen LogP contribution is 2.48. The van der Waals surface area contributed by atoms with E-state index in [0.29, 0.717) is 18.6 Å². The molecular formula is C27H30ClNO3S2. The summed E-state index contributed by atoms with van der Waals surface area (Å²) in [6.45, 7) is 10.3. The largest absolute Gasteiger partial charge is 0.463 e. The van der Waals surface area contributed by atoms with Crippen LogP contribution in [0, 0.1) is 12.3 Å². The number of carbonyl (C=O) groups is 2. The van der Waals surface area contributed by atoms with Crippen molar-refractivity contribution in [1.29, 1.82) is 0 Å². The molecule has 4 nitrogen and oxygen atoms in total. The van der Waals surface area contributed by atoms with Crippen LogP contribution in [-0.4, -0.2) is 18.4 Å². The molecule has 1 aromatic heterocycles. The lowest BCUT2D eigenvalue weighted by molar-refractivity contribution is -0.138. The van der Waals surface area contributed by atoms with E-state index in [-0.39, 0.29) is 17.2 Å². The van der Waals surface area contributed by atoms with E-state index in [4.69, 9.17) is 16.3 Å². The number of carbonyl (C=O) groups excluding carboxylic acids is 2. The van der Waals surface area contributed by atoms with Crippen LogP contribution in [0.25, 0.3) is 0 Å². The van der Waals surface area contributed by atoms with Gasteiger partial charge in [0.1, 0.15) is 0 Å². The first kappa shape index (κ1) is 25.1. The third-order valence-corrected chi connectivity index (χ3v) is 8.74. The fourth-order valence-corrected chi connectivity index (χ4v) is 7.06. The maximum atomic E-state index is 13.4. The molecule has 0 radical (unpaired) electrons. The van der Waals surface area contributed by atoms with E-state index in [1.165, 1.54) is 10.4 Å². The fraction of sp³-hybridized carbons (Fsp3) is 0.407. The highest BCUT2D eigenvalue weighted by Gasteiger charge is 2.43. The van der Waals surface area contributed by atoms with Crippen molar-refractivity contribution >= 4 is 46.5 Å². The quantitative estimate of drug-likeness (QED) is 0.326. The lowest BCUT2D eigenvalue weighted by Crippen LogP contribution is -2.38. The third-order valence-electron chi connectivity index (χ3n) is 6.27. The average molecular weight is 516 g/mol. The predicted molar refractivity (Wildman–Crippen MR) is 140 cm³/mol. The molecule has 0 amide bonds. The van der Waals surface area contributed by atoms with E-state index in [0.717, 1.165) is 43.9 Å². The van der Waals surface area contributed by atoms with Crippen molar-refractivity contribution in [2.75, 3.05) is 6.61 Å². The van der Waals surface area contributed by atoms with Gasteiger partial charge in [0, 0.05) is 48.8 Å². The van der Waals surface area contributed by atoms with Gasteiger partial charge in [0.25, 0.3) is 0 Å². The SMILES string of the molecule is CCOC(=O)C1=C(C)NC2=C(C(=O)CC(C)(C)C2)[C@@H]1c1cc(CSc2ccc(Cl)cc2)c(C)s1. The summed E-state index contributed by atoms with van der Waals surface area (Å²) < 4.78 is 5.43. The molecule has 0 saturated heterocycles. The van der Waals surface area contributed by atoms with Crippen molar-refractivity contribution in [2.45, 2.75) is 64.0 Å². The first-order valence-corrected chi connectivity index (χ1v) is 13.7. The van der Waals surface area contributed by atoms with E-state index in [2.05, 4.69) is 32.2 Å². The number of Topliss-reactive ketones (excluding diaryl/α,β-unsaturated/α-hetero) is 1. The maximum Gasteiger partial charge on any atom is 0.336 e. The number of hydrogen-bond acceptors (Lipinski definition) is 6. The van der Waals surface area contributed by atoms with Crippen LogP contribution in [-0.2, 0) is 20.1 Å². The summed E-state index contributed by atoms with van der Waals surface area (Å²) in [5, 5.41) is 4.12. The van der Waals surface area contributed by atoms with E-state index in [1.807, 2.05) is 31.2 Å². The van der Waals surface area contributed by atoms with Gasteiger partial charge in [-0.05, 0) is 68.5 Å². The number of thiophene rings is 1. The monoisotopic (exact) mass is 515 g/mol. The van der Waals surface area contributed by atoms with Gasteiger partial charge in [-0.2, -0.15) is 0 Å². The first-order valence-electron chi connectivity index (χ1n) is 11.5. The lowest BCUT2D eigenvalue weighted by Gasteiger charge is -2.39. The minimum atomic E-state index is -0.392. The Kier molecular flexibility index (Phi) is 7.32. The minimum Gasteiger partial charge on any atom is -0.463 e. The number of allylic oxidation sites excluding steroid dienone is 3. The number of hydrogen-bond donors (Lipinski definition) is 1. The molecule has 180 valence electrons. The van der Waals surface area contributed by atoms with Gasteiger partial charge in [0.2, 0.25) is 0 Å². The molecule has 1 aromatic carbocycles. The number of ketones is 1. The van der Waals surface area contributed by atoms with Gasteiger partial charge >= 0.3 is 5.97 Å². The normalized spacial score (nSPS) is 19.7. The molecule has 1 atom stereocenters. The zero-order valence-electron chi connectivity index (χ0n) is 20.2. The number of halogens is 1. The summed E-state index contributed by atoms with van der Waals surface area (Å²) in [6.07, 6.45) is 1.25. The Morgan fingerprint density at radius 2 is 1.94 bits per heavy atom. The van der Waals surface area contributed by atoms with Gasteiger partial charge in [-0.25, -0.2) is 4.79 Å². The molecule has 4 rings (SSSR count). The van der Waals surface area contributed by atoms with E-state index in [1.54, 1.807) is 30.0 Å². The number of aryl methyl sites for hydroxylation is 1. The van der Waals surface area contributed by atoms with Crippen molar-refractivity contribution < 1.29 is 14.3 Å². The zero-order chi connectivity index (χ0) is 24.6. The van der Waals surface area contributed by atoms with Crippen molar-refractivity contribution in [3.8, 4) is 0 Å². The van der Waals surface area contributed by atoms with Gasteiger partial charge in [-0.3, -0.25) is 4.79 Å². The second-order valence-electron chi connectivity index (χ2n) is 9.62. The molecule has 0 spiro atoms. The van der Waals surface area contributed by atoms with Crippen molar-refractivity contribution in [3.63, 3.8) is 0 Å². The summed E-state index contributed by atoms with van der Waals surface area (Å²) >= 11 is 9.43. The number of thioether (sulfide) groups is 1. The van der Waals surface area contributed by atoms with Crippen LogP contribution in [0.2, 0.25) is 5.02 Å². The smallest absolute Gasteiger partial charge is 0.336 e. The van der Waals surface area contributed by atoms with Gasteiger partial charge < -0.3 is 10.1 Å². The number of benzene rings is 1. The molecule has 7 heteroatoms. The van der Waals surface area contributed by atoms with Crippen molar-refractivity contribution in [3.05, 3.63) is 73.2 Å².